The molecular weight excluding hydrogens is 190 g/mol. The van der Waals surface area contributed by atoms with Crippen LogP contribution in [0.2, 0.25) is 0 Å². The molecule has 0 aromatic carbocycles. The van der Waals surface area contributed by atoms with E-state index in [-0.39, 0.29) is 0 Å². The summed E-state index contributed by atoms with van der Waals surface area (Å²) in [4.78, 5) is 0. The van der Waals surface area contributed by atoms with E-state index in [0.717, 1.165) is 26.2 Å². The van der Waals surface area contributed by atoms with Crippen LogP contribution >= 0.6 is 0 Å². The Kier molecular flexibility index (Phi) is 6.22. The van der Waals surface area contributed by atoms with Gasteiger partial charge in [-0.05, 0) is 44.1 Å². The molecule has 0 aromatic rings. The highest BCUT2D eigenvalue weighted by atomic mass is 16.5. The van der Waals surface area contributed by atoms with Gasteiger partial charge in [-0.15, -0.1) is 0 Å². The minimum Gasteiger partial charge on any atom is -0.385 e. The molecule has 3 nitrogen and oxygen atoms in total. The van der Waals surface area contributed by atoms with Gasteiger partial charge in [-0.3, -0.25) is 0 Å². The van der Waals surface area contributed by atoms with Gasteiger partial charge in [0.15, 0.2) is 0 Å². The van der Waals surface area contributed by atoms with Crippen LogP contribution in [0.4, 0.5) is 0 Å². The second kappa shape index (κ2) is 7.20. The molecule has 0 unspecified atom stereocenters. The Morgan fingerprint density at radius 1 is 1.07 bits per heavy atom. The Balaban J connectivity index is 1.90. The number of nitrogens with one attached hydrogen (secondary N) is 1. The summed E-state index contributed by atoms with van der Waals surface area (Å²) in [7, 11) is 3.55. The van der Waals surface area contributed by atoms with Crippen molar-refractivity contribution in [2.45, 2.75) is 32.1 Å². The smallest absolute Gasteiger partial charge is 0.0468 e. The van der Waals surface area contributed by atoms with E-state index in [9.17, 15) is 0 Å². The van der Waals surface area contributed by atoms with Crippen molar-refractivity contribution in [1.82, 2.24) is 5.32 Å². The first-order valence-electron chi connectivity index (χ1n) is 6.02. The minimum absolute atomic E-state index is 0.581. The Bertz CT molecular complexity index is 158. The zero-order chi connectivity index (χ0) is 11.0. The van der Waals surface area contributed by atoms with Crippen LogP contribution in [-0.4, -0.2) is 40.5 Å². The lowest BCUT2D eigenvalue weighted by Gasteiger charge is -2.15. The first-order valence-corrected chi connectivity index (χ1v) is 6.02. The Morgan fingerprint density at radius 2 is 1.80 bits per heavy atom. The maximum absolute atomic E-state index is 5.13. The third-order valence-corrected chi connectivity index (χ3v) is 3.25. The van der Waals surface area contributed by atoms with Gasteiger partial charge in [0, 0.05) is 34.0 Å². The highest BCUT2D eigenvalue weighted by molar-refractivity contribution is 4.94. The van der Waals surface area contributed by atoms with Gasteiger partial charge in [0.1, 0.15) is 0 Å². The van der Waals surface area contributed by atoms with Crippen LogP contribution in [0.25, 0.3) is 0 Å². The molecule has 1 N–H and O–H groups in total. The normalized spacial score (nSPS) is 18.0. The Morgan fingerprint density at radius 3 is 2.40 bits per heavy atom. The van der Waals surface area contributed by atoms with Crippen LogP contribution in [-0.2, 0) is 9.47 Å². The predicted molar refractivity (Wildman–Crippen MR) is 62.1 cm³/mol. The van der Waals surface area contributed by atoms with E-state index < -0.39 is 0 Å². The highest BCUT2D eigenvalue weighted by Gasteiger charge is 2.41. The lowest BCUT2D eigenvalue weighted by molar-refractivity contribution is 0.170. The summed E-state index contributed by atoms with van der Waals surface area (Å²) in [6, 6.07) is 0. The van der Waals surface area contributed by atoms with Crippen molar-refractivity contribution in [3.8, 4) is 0 Å². The van der Waals surface area contributed by atoms with Crippen molar-refractivity contribution in [3.05, 3.63) is 0 Å². The number of hydrogen-bond acceptors (Lipinski definition) is 3. The van der Waals surface area contributed by atoms with E-state index in [2.05, 4.69) is 5.32 Å². The van der Waals surface area contributed by atoms with Crippen LogP contribution in [0.1, 0.15) is 32.1 Å². The fraction of sp³-hybridized carbons (Fsp3) is 1.00. The quantitative estimate of drug-likeness (QED) is 0.564. The molecule has 1 aliphatic carbocycles. The zero-order valence-electron chi connectivity index (χ0n) is 10.2. The van der Waals surface area contributed by atoms with E-state index >= 15 is 0 Å². The topological polar surface area (TPSA) is 30.5 Å². The maximum Gasteiger partial charge on any atom is 0.0468 e. The molecule has 1 rings (SSSR count). The van der Waals surface area contributed by atoms with E-state index in [4.69, 9.17) is 9.47 Å². The van der Waals surface area contributed by atoms with E-state index in [1.165, 1.54) is 32.2 Å². The molecule has 0 saturated heterocycles. The minimum atomic E-state index is 0.581. The molecule has 90 valence electrons. The Hall–Kier alpha value is -0.120. The van der Waals surface area contributed by atoms with Gasteiger partial charge in [-0.1, -0.05) is 0 Å². The number of rotatable bonds is 10. The molecule has 0 spiro atoms. The monoisotopic (exact) mass is 215 g/mol. The molecule has 1 aliphatic rings. The molecule has 3 heteroatoms. The molecule has 1 fully saturated rings. The third-order valence-electron chi connectivity index (χ3n) is 3.25. The average molecular weight is 215 g/mol. The molecular formula is C12H25NO2. The lowest BCUT2D eigenvalue weighted by atomic mass is 10.0. The van der Waals surface area contributed by atoms with Crippen molar-refractivity contribution < 1.29 is 9.47 Å². The first kappa shape index (κ1) is 12.9. The largest absolute Gasteiger partial charge is 0.385 e. The average Bonchev–Trinajstić information content (AvgIpc) is 3.01. The molecule has 0 bridgehead atoms. The van der Waals surface area contributed by atoms with E-state index in [0.29, 0.717) is 5.41 Å². The highest BCUT2D eigenvalue weighted by Crippen LogP contribution is 2.48. The summed E-state index contributed by atoms with van der Waals surface area (Å²) in [6.45, 7) is 4.09. The van der Waals surface area contributed by atoms with Crippen molar-refractivity contribution in [2.75, 3.05) is 40.5 Å². The standard InChI is InChI=1S/C12H25NO2/c1-14-9-4-3-8-13-11-12(5-6-12)7-10-15-2/h13H,3-11H2,1-2H3. The molecule has 0 amide bonds. The fourth-order valence-corrected chi connectivity index (χ4v) is 1.86. The SMILES string of the molecule is COCCCCNCC1(CCOC)CC1. The number of hydrogen-bond donors (Lipinski definition) is 1. The molecule has 0 aliphatic heterocycles. The summed E-state index contributed by atoms with van der Waals surface area (Å²) in [5, 5.41) is 3.54. The van der Waals surface area contributed by atoms with Gasteiger partial charge in [0.05, 0.1) is 0 Å². The van der Waals surface area contributed by atoms with Gasteiger partial charge in [-0.2, -0.15) is 0 Å². The van der Waals surface area contributed by atoms with Crippen LogP contribution in [0.5, 0.6) is 0 Å². The number of ether oxygens (including phenoxy) is 2. The summed E-state index contributed by atoms with van der Waals surface area (Å²) >= 11 is 0. The van der Waals surface area contributed by atoms with Crippen LogP contribution in [0.15, 0.2) is 0 Å². The molecule has 0 atom stereocenters. The third kappa shape index (κ3) is 5.50. The predicted octanol–water partition coefficient (Wildman–Crippen LogP) is 1.82. The van der Waals surface area contributed by atoms with Gasteiger partial charge in [0.2, 0.25) is 0 Å². The summed E-state index contributed by atoms with van der Waals surface area (Å²) in [5.41, 5.74) is 0.581. The van der Waals surface area contributed by atoms with E-state index in [1.807, 2.05) is 0 Å². The van der Waals surface area contributed by atoms with Crippen LogP contribution < -0.4 is 5.32 Å². The molecule has 0 radical (unpaired) electrons. The second-order valence-electron chi connectivity index (χ2n) is 4.62. The number of unbranched alkanes of at least 4 members (excludes halogenated alkanes) is 1. The lowest BCUT2D eigenvalue weighted by Crippen LogP contribution is -2.26. The fourth-order valence-electron chi connectivity index (χ4n) is 1.86. The van der Waals surface area contributed by atoms with Crippen molar-refractivity contribution in [3.63, 3.8) is 0 Å². The zero-order valence-corrected chi connectivity index (χ0v) is 10.2. The summed E-state index contributed by atoms with van der Waals surface area (Å²) in [5.74, 6) is 0. The van der Waals surface area contributed by atoms with E-state index in [1.54, 1.807) is 14.2 Å². The van der Waals surface area contributed by atoms with Crippen molar-refractivity contribution in [1.29, 1.82) is 0 Å². The molecule has 0 heterocycles. The van der Waals surface area contributed by atoms with Gasteiger partial charge < -0.3 is 14.8 Å². The second-order valence-corrected chi connectivity index (χ2v) is 4.62. The molecule has 1 saturated carbocycles. The molecule has 15 heavy (non-hydrogen) atoms. The van der Waals surface area contributed by atoms with Crippen molar-refractivity contribution >= 4 is 0 Å². The van der Waals surface area contributed by atoms with Gasteiger partial charge >= 0.3 is 0 Å². The molecule has 0 aromatic heterocycles. The summed E-state index contributed by atoms with van der Waals surface area (Å²) in [6.07, 6.45) is 6.35. The summed E-state index contributed by atoms with van der Waals surface area (Å²) < 4.78 is 10.1. The number of methoxy groups -OCH3 is 2. The van der Waals surface area contributed by atoms with Gasteiger partial charge in [0.25, 0.3) is 0 Å². The first-order chi connectivity index (χ1) is 7.33. The van der Waals surface area contributed by atoms with Crippen LogP contribution in [0.3, 0.4) is 0 Å². The maximum atomic E-state index is 5.13. The Labute approximate surface area is 93.5 Å². The van der Waals surface area contributed by atoms with Crippen LogP contribution in [0, 0.1) is 5.41 Å². The van der Waals surface area contributed by atoms with Crippen molar-refractivity contribution in [2.24, 2.45) is 5.41 Å². The van der Waals surface area contributed by atoms with Gasteiger partial charge in [-0.25, -0.2) is 0 Å².